The van der Waals surface area contributed by atoms with Crippen molar-refractivity contribution in [3.8, 4) is 0 Å². The topological polar surface area (TPSA) is 49.4 Å². The minimum Gasteiger partial charge on any atom is -0.323 e. The Hall–Kier alpha value is -2.05. The van der Waals surface area contributed by atoms with Crippen LogP contribution in [-0.4, -0.2) is 24.5 Å². The van der Waals surface area contributed by atoms with E-state index in [0.717, 1.165) is 0 Å². The third-order valence-corrected chi connectivity index (χ3v) is 4.52. The zero-order chi connectivity index (χ0) is 16.6. The third-order valence-electron chi connectivity index (χ3n) is 4.52. The fourth-order valence-electron chi connectivity index (χ4n) is 3.36. The van der Waals surface area contributed by atoms with Gasteiger partial charge in [0.2, 0.25) is 11.8 Å². The first-order chi connectivity index (χ1) is 10.9. The number of hydrogen-bond donors (Lipinski definition) is 1. The molecule has 1 saturated carbocycles. The number of carbonyl (C=O) groups is 2. The Morgan fingerprint density at radius 2 is 1.96 bits per heavy atom. The van der Waals surface area contributed by atoms with Crippen LogP contribution >= 0.6 is 0 Å². The summed E-state index contributed by atoms with van der Waals surface area (Å²) in [5.41, 5.74) is 1.06. The van der Waals surface area contributed by atoms with Gasteiger partial charge in [-0.3, -0.25) is 9.59 Å². The number of nitrogens with one attached hydrogen (secondary N) is 1. The van der Waals surface area contributed by atoms with Gasteiger partial charge in [-0.25, -0.2) is 0 Å². The summed E-state index contributed by atoms with van der Waals surface area (Å²) < 4.78 is 38.8. The van der Waals surface area contributed by atoms with E-state index in [-0.39, 0.29) is 31.2 Å². The van der Waals surface area contributed by atoms with Gasteiger partial charge in [0.15, 0.2) is 0 Å². The second-order valence-electron chi connectivity index (χ2n) is 6.09. The summed E-state index contributed by atoms with van der Waals surface area (Å²) >= 11 is 0. The molecule has 2 amide bonds. The van der Waals surface area contributed by atoms with Crippen molar-refractivity contribution >= 4 is 23.2 Å². The van der Waals surface area contributed by atoms with Crippen LogP contribution in [0.2, 0.25) is 0 Å². The Morgan fingerprint density at radius 3 is 2.70 bits per heavy atom. The van der Waals surface area contributed by atoms with E-state index in [4.69, 9.17) is 0 Å². The van der Waals surface area contributed by atoms with E-state index in [1.54, 1.807) is 24.3 Å². The second kappa shape index (κ2) is 5.86. The fourth-order valence-corrected chi connectivity index (χ4v) is 3.36. The van der Waals surface area contributed by atoms with Crippen LogP contribution in [0.1, 0.15) is 25.7 Å². The van der Waals surface area contributed by atoms with E-state index in [1.807, 2.05) is 0 Å². The van der Waals surface area contributed by atoms with Gasteiger partial charge in [0, 0.05) is 5.92 Å². The Labute approximate surface area is 131 Å². The number of carbonyl (C=O) groups excluding carboxylic acids is 2. The van der Waals surface area contributed by atoms with Gasteiger partial charge in [0.05, 0.1) is 17.3 Å². The SMILES string of the molecule is O=C1CN(C(=O)C2CCCC(C(F)(F)F)C2)c2ccccc2N1. The van der Waals surface area contributed by atoms with Crippen LogP contribution in [0, 0.1) is 11.8 Å². The predicted octanol–water partition coefficient (Wildman–Crippen LogP) is 3.34. The van der Waals surface area contributed by atoms with Gasteiger partial charge in [-0.1, -0.05) is 18.6 Å². The van der Waals surface area contributed by atoms with Crippen LogP contribution in [0.25, 0.3) is 0 Å². The lowest BCUT2D eigenvalue weighted by atomic mass is 9.80. The number of alkyl halides is 3. The van der Waals surface area contributed by atoms with Crippen LogP contribution < -0.4 is 10.2 Å². The standard InChI is InChI=1S/C16H17F3N2O2/c17-16(18,19)11-5-3-4-10(8-11)15(23)21-9-14(22)20-12-6-1-2-7-13(12)21/h1-2,6-7,10-11H,3-5,8-9H2,(H,20,22). The number of fused-ring (bicyclic) bond motifs is 1. The first-order valence-electron chi connectivity index (χ1n) is 7.63. The molecule has 124 valence electrons. The zero-order valence-electron chi connectivity index (χ0n) is 12.4. The van der Waals surface area contributed by atoms with Gasteiger partial charge in [-0.2, -0.15) is 13.2 Å². The molecule has 0 spiro atoms. The molecular formula is C16H17F3N2O2. The molecule has 1 heterocycles. The van der Waals surface area contributed by atoms with Crippen molar-refractivity contribution in [3.05, 3.63) is 24.3 Å². The lowest BCUT2D eigenvalue weighted by Gasteiger charge is -2.35. The maximum absolute atomic E-state index is 12.9. The zero-order valence-corrected chi connectivity index (χ0v) is 12.4. The molecule has 1 aromatic rings. The lowest BCUT2D eigenvalue weighted by molar-refractivity contribution is -0.186. The van der Waals surface area contributed by atoms with Gasteiger partial charge < -0.3 is 10.2 Å². The molecule has 1 aliphatic heterocycles. The summed E-state index contributed by atoms with van der Waals surface area (Å²) in [7, 11) is 0. The summed E-state index contributed by atoms with van der Waals surface area (Å²) in [6, 6.07) is 6.83. The number of benzene rings is 1. The van der Waals surface area contributed by atoms with Crippen molar-refractivity contribution in [2.75, 3.05) is 16.8 Å². The van der Waals surface area contributed by atoms with E-state index in [1.165, 1.54) is 4.90 Å². The Kier molecular flexibility index (Phi) is 4.04. The van der Waals surface area contributed by atoms with Crippen LogP contribution in [0.3, 0.4) is 0 Å². The number of anilines is 2. The van der Waals surface area contributed by atoms with Gasteiger partial charge in [0.25, 0.3) is 0 Å². The Morgan fingerprint density at radius 1 is 1.22 bits per heavy atom. The highest BCUT2D eigenvalue weighted by molar-refractivity contribution is 6.10. The minimum atomic E-state index is -4.27. The third kappa shape index (κ3) is 3.18. The summed E-state index contributed by atoms with van der Waals surface area (Å²) in [5.74, 6) is -2.84. The van der Waals surface area contributed by atoms with E-state index < -0.39 is 18.0 Å². The normalized spacial score (nSPS) is 24.8. The summed E-state index contributed by atoms with van der Waals surface area (Å²) in [4.78, 5) is 25.8. The highest BCUT2D eigenvalue weighted by atomic mass is 19.4. The minimum absolute atomic E-state index is 0.0738. The molecule has 7 heteroatoms. The maximum Gasteiger partial charge on any atom is 0.391 e. The lowest BCUT2D eigenvalue weighted by Crippen LogP contribution is -2.46. The van der Waals surface area contributed by atoms with Gasteiger partial charge in [0.1, 0.15) is 6.54 Å². The number of rotatable bonds is 1. The highest BCUT2D eigenvalue weighted by Gasteiger charge is 2.44. The number of nitrogens with zero attached hydrogens (tertiary/aromatic N) is 1. The molecule has 2 atom stereocenters. The predicted molar refractivity (Wildman–Crippen MR) is 78.9 cm³/mol. The first kappa shape index (κ1) is 15.8. The van der Waals surface area contributed by atoms with E-state index in [2.05, 4.69) is 5.32 Å². The molecule has 23 heavy (non-hydrogen) atoms. The van der Waals surface area contributed by atoms with Crippen molar-refractivity contribution in [1.29, 1.82) is 0 Å². The number of hydrogen-bond acceptors (Lipinski definition) is 2. The molecule has 1 fully saturated rings. The van der Waals surface area contributed by atoms with Crippen molar-refractivity contribution in [3.63, 3.8) is 0 Å². The van der Waals surface area contributed by atoms with Crippen LogP contribution in [0.15, 0.2) is 24.3 Å². The molecular weight excluding hydrogens is 309 g/mol. The number of para-hydroxylation sites is 2. The Balaban J connectivity index is 1.82. The van der Waals surface area contributed by atoms with Crippen molar-refractivity contribution in [1.82, 2.24) is 0 Å². The molecule has 0 aromatic heterocycles. The van der Waals surface area contributed by atoms with E-state index in [0.29, 0.717) is 24.2 Å². The van der Waals surface area contributed by atoms with Crippen LogP contribution in [0.5, 0.6) is 0 Å². The molecule has 0 bridgehead atoms. The van der Waals surface area contributed by atoms with Crippen molar-refractivity contribution in [2.24, 2.45) is 11.8 Å². The maximum atomic E-state index is 12.9. The summed E-state index contributed by atoms with van der Waals surface area (Å²) in [6.45, 7) is -0.150. The quantitative estimate of drug-likeness (QED) is 0.860. The van der Waals surface area contributed by atoms with Crippen molar-refractivity contribution in [2.45, 2.75) is 31.9 Å². The summed E-state index contributed by atoms with van der Waals surface area (Å²) in [6.07, 6.45) is -3.57. The average molecular weight is 326 g/mol. The summed E-state index contributed by atoms with van der Waals surface area (Å²) in [5, 5.41) is 2.67. The largest absolute Gasteiger partial charge is 0.391 e. The highest BCUT2D eigenvalue weighted by Crippen LogP contribution is 2.41. The van der Waals surface area contributed by atoms with Crippen LogP contribution in [-0.2, 0) is 9.59 Å². The average Bonchev–Trinajstić information content (AvgIpc) is 2.52. The number of amides is 2. The Bertz CT molecular complexity index is 630. The smallest absolute Gasteiger partial charge is 0.323 e. The van der Waals surface area contributed by atoms with E-state index in [9.17, 15) is 22.8 Å². The molecule has 0 radical (unpaired) electrons. The molecule has 3 rings (SSSR count). The van der Waals surface area contributed by atoms with Gasteiger partial charge in [-0.05, 0) is 31.4 Å². The molecule has 0 saturated heterocycles. The fraction of sp³-hybridized carbons (Fsp3) is 0.500. The monoisotopic (exact) mass is 326 g/mol. The molecule has 1 aromatic carbocycles. The first-order valence-corrected chi connectivity index (χ1v) is 7.63. The second-order valence-corrected chi connectivity index (χ2v) is 6.09. The number of halogens is 3. The molecule has 2 aliphatic rings. The molecule has 2 unspecified atom stereocenters. The van der Waals surface area contributed by atoms with Crippen LogP contribution in [0.4, 0.5) is 24.5 Å². The van der Waals surface area contributed by atoms with Gasteiger partial charge in [-0.15, -0.1) is 0 Å². The molecule has 4 nitrogen and oxygen atoms in total. The van der Waals surface area contributed by atoms with Crippen molar-refractivity contribution < 1.29 is 22.8 Å². The van der Waals surface area contributed by atoms with Gasteiger partial charge >= 0.3 is 6.18 Å². The molecule has 1 N–H and O–H groups in total. The van der Waals surface area contributed by atoms with E-state index >= 15 is 0 Å². The molecule has 1 aliphatic carbocycles.